The molecule has 0 aliphatic heterocycles. The van der Waals surface area contributed by atoms with Gasteiger partial charge in [0.1, 0.15) is 11.5 Å². The SMILES string of the molecule is CCc1cc(C(=O)NC)c(O)cc1O. The van der Waals surface area contributed by atoms with Crippen molar-refractivity contribution in [1.29, 1.82) is 0 Å². The third kappa shape index (κ3) is 1.79. The van der Waals surface area contributed by atoms with Crippen molar-refractivity contribution >= 4 is 5.91 Å². The van der Waals surface area contributed by atoms with Gasteiger partial charge in [0.25, 0.3) is 5.91 Å². The Bertz CT molecular complexity index is 361. The van der Waals surface area contributed by atoms with Crippen molar-refractivity contribution in [1.82, 2.24) is 5.32 Å². The highest BCUT2D eigenvalue weighted by atomic mass is 16.3. The number of aryl methyl sites for hydroxylation is 1. The van der Waals surface area contributed by atoms with Gasteiger partial charge in [-0.05, 0) is 18.1 Å². The van der Waals surface area contributed by atoms with Crippen LogP contribution in [0.4, 0.5) is 0 Å². The van der Waals surface area contributed by atoms with E-state index in [4.69, 9.17) is 0 Å². The molecule has 4 heteroatoms. The first-order chi connectivity index (χ1) is 6.60. The van der Waals surface area contributed by atoms with E-state index in [0.717, 1.165) is 0 Å². The summed E-state index contributed by atoms with van der Waals surface area (Å²) in [5.74, 6) is -0.561. The summed E-state index contributed by atoms with van der Waals surface area (Å²) in [6.07, 6.45) is 0.607. The van der Waals surface area contributed by atoms with E-state index in [0.29, 0.717) is 12.0 Å². The molecule has 0 heterocycles. The first kappa shape index (κ1) is 10.4. The number of hydrogen-bond acceptors (Lipinski definition) is 3. The summed E-state index contributed by atoms with van der Waals surface area (Å²) in [5.41, 5.74) is 0.823. The molecule has 0 unspecified atom stereocenters. The van der Waals surface area contributed by atoms with E-state index in [2.05, 4.69) is 5.32 Å². The molecular weight excluding hydrogens is 182 g/mol. The largest absolute Gasteiger partial charge is 0.508 e. The van der Waals surface area contributed by atoms with Crippen LogP contribution in [0, 0.1) is 0 Å². The second kappa shape index (κ2) is 4.00. The van der Waals surface area contributed by atoms with Crippen LogP contribution >= 0.6 is 0 Å². The Morgan fingerprint density at radius 2 is 2.00 bits per heavy atom. The number of phenols is 2. The normalized spacial score (nSPS) is 9.86. The molecule has 4 nitrogen and oxygen atoms in total. The van der Waals surface area contributed by atoms with Crippen molar-refractivity contribution in [3.05, 3.63) is 23.3 Å². The zero-order valence-electron chi connectivity index (χ0n) is 8.16. The number of aromatic hydroxyl groups is 2. The number of benzene rings is 1. The highest BCUT2D eigenvalue weighted by molar-refractivity contribution is 5.97. The van der Waals surface area contributed by atoms with E-state index >= 15 is 0 Å². The van der Waals surface area contributed by atoms with Gasteiger partial charge in [-0.15, -0.1) is 0 Å². The Hall–Kier alpha value is -1.71. The summed E-state index contributed by atoms with van der Waals surface area (Å²) < 4.78 is 0. The molecule has 0 saturated carbocycles. The van der Waals surface area contributed by atoms with Gasteiger partial charge in [0.2, 0.25) is 0 Å². The molecule has 1 aromatic carbocycles. The van der Waals surface area contributed by atoms with Crippen LogP contribution in [0.3, 0.4) is 0 Å². The van der Waals surface area contributed by atoms with Crippen LogP contribution in [-0.4, -0.2) is 23.2 Å². The Morgan fingerprint density at radius 3 is 2.50 bits per heavy atom. The maximum Gasteiger partial charge on any atom is 0.254 e. The molecular formula is C10H13NO3. The number of rotatable bonds is 2. The minimum absolute atomic E-state index is 0.0117. The lowest BCUT2D eigenvalue weighted by molar-refractivity contribution is 0.0960. The highest BCUT2D eigenvalue weighted by Gasteiger charge is 2.12. The van der Waals surface area contributed by atoms with E-state index in [1.54, 1.807) is 0 Å². The smallest absolute Gasteiger partial charge is 0.254 e. The van der Waals surface area contributed by atoms with E-state index in [1.807, 2.05) is 6.92 Å². The molecule has 0 radical (unpaired) electrons. The molecule has 1 amide bonds. The Kier molecular flexibility index (Phi) is 2.96. The number of hydrogen-bond donors (Lipinski definition) is 3. The zero-order chi connectivity index (χ0) is 10.7. The van der Waals surface area contributed by atoms with Crippen molar-refractivity contribution in [2.75, 3.05) is 7.05 Å². The van der Waals surface area contributed by atoms with Gasteiger partial charge in [-0.1, -0.05) is 6.92 Å². The summed E-state index contributed by atoms with van der Waals surface area (Å²) >= 11 is 0. The average Bonchev–Trinajstić information content (AvgIpc) is 2.17. The molecule has 0 spiro atoms. The quantitative estimate of drug-likeness (QED) is 0.659. The summed E-state index contributed by atoms with van der Waals surface area (Å²) in [5, 5.41) is 21.2. The zero-order valence-corrected chi connectivity index (χ0v) is 8.16. The molecule has 0 atom stereocenters. The highest BCUT2D eigenvalue weighted by Crippen LogP contribution is 2.27. The van der Waals surface area contributed by atoms with Gasteiger partial charge < -0.3 is 15.5 Å². The first-order valence-corrected chi connectivity index (χ1v) is 4.37. The van der Waals surface area contributed by atoms with Crippen LogP contribution < -0.4 is 5.32 Å². The summed E-state index contributed by atoms with van der Waals surface area (Å²) in [7, 11) is 1.49. The van der Waals surface area contributed by atoms with Gasteiger partial charge in [0.05, 0.1) is 5.56 Å². The van der Waals surface area contributed by atoms with Crippen molar-refractivity contribution in [2.45, 2.75) is 13.3 Å². The monoisotopic (exact) mass is 195 g/mol. The topological polar surface area (TPSA) is 69.6 Å². The van der Waals surface area contributed by atoms with Crippen LogP contribution in [-0.2, 0) is 6.42 Å². The van der Waals surface area contributed by atoms with E-state index < -0.39 is 0 Å². The first-order valence-electron chi connectivity index (χ1n) is 4.37. The lowest BCUT2D eigenvalue weighted by Crippen LogP contribution is -2.18. The van der Waals surface area contributed by atoms with Crippen LogP contribution in [0.15, 0.2) is 12.1 Å². The molecule has 1 rings (SSSR count). The lowest BCUT2D eigenvalue weighted by Gasteiger charge is -2.07. The van der Waals surface area contributed by atoms with E-state index in [1.165, 1.54) is 19.2 Å². The summed E-state index contributed by atoms with van der Waals surface area (Å²) in [4.78, 5) is 11.3. The Balaban J connectivity index is 3.24. The fraction of sp³-hybridized carbons (Fsp3) is 0.300. The second-order valence-corrected chi connectivity index (χ2v) is 2.93. The van der Waals surface area contributed by atoms with Gasteiger partial charge in [-0.3, -0.25) is 4.79 Å². The van der Waals surface area contributed by atoms with Crippen LogP contribution in [0.1, 0.15) is 22.8 Å². The molecule has 1 aromatic rings. The third-order valence-electron chi connectivity index (χ3n) is 2.05. The van der Waals surface area contributed by atoms with Gasteiger partial charge in [0.15, 0.2) is 0 Å². The fourth-order valence-electron chi connectivity index (χ4n) is 1.22. The predicted octanol–water partition coefficient (Wildman–Crippen LogP) is 1.02. The van der Waals surface area contributed by atoms with Gasteiger partial charge in [-0.2, -0.15) is 0 Å². The average molecular weight is 195 g/mol. The molecule has 0 saturated heterocycles. The molecule has 0 aliphatic carbocycles. The molecule has 76 valence electrons. The Morgan fingerprint density at radius 1 is 1.36 bits per heavy atom. The molecule has 0 aromatic heterocycles. The van der Waals surface area contributed by atoms with Crippen LogP contribution in [0.2, 0.25) is 0 Å². The van der Waals surface area contributed by atoms with E-state index in [-0.39, 0.29) is 23.0 Å². The molecule has 3 N–H and O–H groups in total. The molecule has 0 aliphatic rings. The number of nitrogens with one attached hydrogen (secondary N) is 1. The number of amides is 1. The predicted molar refractivity (Wildman–Crippen MR) is 52.5 cm³/mol. The second-order valence-electron chi connectivity index (χ2n) is 2.93. The van der Waals surface area contributed by atoms with Gasteiger partial charge >= 0.3 is 0 Å². The Labute approximate surface area is 82.2 Å². The number of carbonyl (C=O) groups is 1. The summed E-state index contributed by atoms with van der Waals surface area (Å²) in [6.45, 7) is 1.86. The molecule has 0 bridgehead atoms. The minimum atomic E-state index is -0.364. The fourth-order valence-corrected chi connectivity index (χ4v) is 1.22. The number of phenolic OH excluding ortho intramolecular Hbond substituents is 2. The third-order valence-corrected chi connectivity index (χ3v) is 2.05. The van der Waals surface area contributed by atoms with Crippen molar-refractivity contribution in [3.8, 4) is 11.5 Å². The maximum atomic E-state index is 11.3. The van der Waals surface area contributed by atoms with E-state index in [9.17, 15) is 15.0 Å². The van der Waals surface area contributed by atoms with Crippen LogP contribution in [0.25, 0.3) is 0 Å². The van der Waals surface area contributed by atoms with Crippen molar-refractivity contribution < 1.29 is 15.0 Å². The minimum Gasteiger partial charge on any atom is -0.508 e. The maximum absolute atomic E-state index is 11.3. The van der Waals surface area contributed by atoms with Crippen LogP contribution in [0.5, 0.6) is 11.5 Å². The summed E-state index contributed by atoms with van der Waals surface area (Å²) in [6, 6.07) is 2.67. The van der Waals surface area contributed by atoms with Crippen molar-refractivity contribution in [2.24, 2.45) is 0 Å². The van der Waals surface area contributed by atoms with Crippen molar-refractivity contribution in [3.63, 3.8) is 0 Å². The standard InChI is InChI=1S/C10H13NO3/c1-3-6-4-7(10(14)11-2)9(13)5-8(6)12/h4-5,12-13H,3H2,1-2H3,(H,11,14). The number of carbonyl (C=O) groups excluding carboxylic acids is 1. The lowest BCUT2D eigenvalue weighted by atomic mass is 10.1. The van der Waals surface area contributed by atoms with Gasteiger partial charge in [0, 0.05) is 13.1 Å². The molecule has 0 fully saturated rings. The van der Waals surface area contributed by atoms with Gasteiger partial charge in [-0.25, -0.2) is 0 Å². The molecule has 14 heavy (non-hydrogen) atoms.